The Hall–Kier alpha value is -1.06. The van der Waals surface area contributed by atoms with Crippen molar-refractivity contribution in [3.63, 3.8) is 0 Å². The fourth-order valence-corrected chi connectivity index (χ4v) is 2.73. The van der Waals surface area contributed by atoms with Crippen LogP contribution in [-0.2, 0) is 20.3 Å². The molecule has 0 atom stereocenters. The van der Waals surface area contributed by atoms with Crippen LogP contribution < -0.4 is 0 Å². The van der Waals surface area contributed by atoms with E-state index < -0.39 is 0 Å². The second kappa shape index (κ2) is 5.86. The third-order valence-electron chi connectivity index (χ3n) is 4.08. The van der Waals surface area contributed by atoms with Crippen LogP contribution in [0.15, 0.2) is 12.1 Å². The van der Waals surface area contributed by atoms with Crippen molar-refractivity contribution < 1.29 is 14.6 Å². The van der Waals surface area contributed by atoms with Gasteiger partial charge in [0, 0.05) is 11.5 Å². The van der Waals surface area contributed by atoms with E-state index in [-0.39, 0.29) is 17.1 Å². The highest BCUT2D eigenvalue weighted by molar-refractivity contribution is 5.50. The predicted molar refractivity (Wildman–Crippen MR) is 89.3 cm³/mol. The van der Waals surface area contributed by atoms with E-state index in [0.717, 1.165) is 16.7 Å². The van der Waals surface area contributed by atoms with Crippen LogP contribution >= 0.6 is 0 Å². The summed E-state index contributed by atoms with van der Waals surface area (Å²) in [6.07, 6.45) is -0.334. The maximum atomic E-state index is 10.7. The minimum atomic E-state index is -0.334. The summed E-state index contributed by atoms with van der Waals surface area (Å²) in [4.78, 5) is 0. The standard InChI is InChI=1S/C19H30O3/c1-12-10-21-17(22-11-12)13-8-14(18(2,3)4)16(20)15(9-13)19(5,6)7/h8-9,12,17,20H,10-11H2,1-7H3. The molecule has 0 spiro atoms. The summed E-state index contributed by atoms with van der Waals surface area (Å²) in [6, 6.07) is 4.07. The average molecular weight is 306 g/mol. The van der Waals surface area contributed by atoms with Crippen LogP contribution in [0.2, 0.25) is 0 Å². The van der Waals surface area contributed by atoms with E-state index in [1.165, 1.54) is 0 Å². The van der Waals surface area contributed by atoms with Crippen LogP contribution in [0.4, 0.5) is 0 Å². The number of phenols is 1. The molecular weight excluding hydrogens is 276 g/mol. The summed E-state index contributed by atoms with van der Waals surface area (Å²) in [5.74, 6) is 0.825. The normalized spacial score (nSPS) is 23.6. The summed E-state index contributed by atoms with van der Waals surface area (Å²) in [5.41, 5.74) is 2.62. The maximum absolute atomic E-state index is 10.7. The first-order valence-electron chi connectivity index (χ1n) is 8.11. The van der Waals surface area contributed by atoms with Crippen molar-refractivity contribution in [1.82, 2.24) is 0 Å². The first-order chi connectivity index (χ1) is 10.00. The molecule has 0 radical (unpaired) electrons. The minimum Gasteiger partial charge on any atom is -0.507 e. The number of benzene rings is 1. The molecule has 22 heavy (non-hydrogen) atoms. The molecule has 3 nitrogen and oxygen atoms in total. The van der Waals surface area contributed by atoms with Crippen LogP contribution in [0.25, 0.3) is 0 Å². The first-order valence-corrected chi connectivity index (χ1v) is 8.11. The molecule has 0 saturated carbocycles. The highest BCUT2D eigenvalue weighted by Gasteiger charge is 2.29. The summed E-state index contributed by atoms with van der Waals surface area (Å²) < 4.78 is 11.7. The van der Waals surface area contributed by atoms with Crippen LogP contribution in [0, 0.1) is 5.92 Å². The largest absolute Gasteiger partial charge is 0.507 e. The van der Waals surface area contributed by atoms with Gasteiger partial charge >= 0.3 is 0 Å². The van der Waals surface area contributed by atoms with Gasteiger partial charge in [0.25, 0.3) is 0 Å². The summed E-state index contributed by atoms with van der Waals surface area (Å²) in [7, 11) is 0. The Labute approximate surface area is 134 Å². The van der Waals surface area contributed by atoms with Gasteiger partial charge in [0.2, 0.25) is 0 Å². The Bertz CT molecular complexity index is 492. The molecule has 0 aromatic heterocycles. The van der Waals surface area contributed by atoms with Crippen molar-refractivity contribution in [2.24, 2.45) is 5.92 Å². The van der Waals surface area contributed by atoms with E-state index in [2.05, 4.69) is 48.5 Å². The van der Waals surface area contributed by atoms with Gasteiger partial charge < -0.3 is 14.6 Å². The number of phenolic OH excluding ortho intramolecular Hbond substituents is 1. The second-order valence-electron chi connectivity index (χ2n) is 8.57. The molecule has 0 bridgehead atoms. The zero-order valence-electron chi connectivity index (χ0n) is 15.0. The minimum absolute atomic E-state index is 0.137. The maximum Gasteiger partial charge on any atom is 0.183 e. The average Bonchev–Trinajstić information content (AvgIpc) is 2.37. The number of rotatable bonds is 1. The highest BCUT2D eigenvalue weighted by atomic mass is 16.7. The SMILES string of the molecule is CC1COC(c2cc(C(C)(C)C)c(O)c(C(C)(C)C)c2)OC1. The fourth-order valence-electron chi connectivity index (χ4n) is 2.73. The van der Waals surface area contributed by atoms with Crippen molar-refractivity contribution in [3.8, 4) is 5.75 Å². The van der Waals surface area contributed by atoms with E-state index in [1.54, 1.807) is 0 Å². The van der Waals surface area contributed by atoms with E-state index >= 15 is 0 Å². The smallest absolute Gasteiger partial charge is 0.183 e. The van der Waals surface area contributed by atoms with Crippen molar-refractivity contribution in [3.05, 3.63) is 28.8 Å². The molecule has 0 unspecified atom stereocenters. The van der Waals surface area contributed by atoms with E-state index in [0.29, 0.717) is 24.9 Å². The lowest BCUT2D eigenvalue weighted by atomic mass is 9.78. The number of aromatic hydroxyl groups is 1. The number of ether oxygens (including phenoxy) is 2. The van der Waals surface area contributed by atoms with Gasteiger partial charge in [0.1, 0.15) is 5.75 Å². The van der Waals surface area contributed by atoms with Gasteiger partial charge in [-0.2, -0.15) is 0 Å². The Kier molecular flexibility index (Phi) is 4.61. The quantitative estimate of drug-likeness (QED) is 0.819. The third kappa shape index (κ3) is 3.64. The van der Waals surface area contributed by atoms with Crippen LogP contribution in [0.5, 0.6) is 5.75 Å². The van der Waals surface area contributed by atoms with Crippen LogP contribution in [0.3, 0.4) is 0 Å². The van der Waals surface area contributed by atoms with E-state index in [9.17, 15) is 5.11 Å². The zero-order chi connectivity index (χ0) is 16.7. The number of hydrogen-bond donors (Lipinski definition) is 1. The Morgan fingerprint density at radius 1 is 0.909 bits per heavy atom. The molecule has 1 aromatic carbocycles. The van der Waals surface area contributed by atoms with Gasteiger partial charge in [-0.05, 0) is 34.1 Å². The van der Waals surface area contributed by atoms with Gasteiger partial charge in [-0.3, -0.25) is 0 Å². The monoisotopic (exact) mass is 306 g/mol. The molecule has 1 aliphatic heterocycles. The predicted octanol–water partition coefficient (Wildman–Crippen LogP) is 4.67. The first kappa shape index (κ1) is 17.3. The fraction of sp³-hybridized carbons (Fsp3) is 0.684. The summed E-state index contributed by atoms with van der Waals surface area (Å²) in [5, 5.41) is 10.7. The molecule has 1 heterocycles. The topological polar surface area (TPSA) is 38.7 Å². The Balaban J connectivity index is 2.51. The van der Waals surface area contributed by atoms with E-state index in [1.807, 2.05) is 12.1 Å². The van der Waals surface area contributed by atoms with Gasteiger partial charge in [0.05, 0.1) is 13.2 Å². The second-order valence-corrected chi connectivity index (χ2v) is 8.57. The highest BCUT2D eigenvalue weighted by Crippen LogP contribution is 2.41. The molecule has 1 aliphatic rings. The lowest BCUT2D eigenvalue weighted by Gasteiger charge is -2.32. The molecule has 1 aromatic rings. The van der Waals surface area contributed by atoms with Crippen LogP contribution in [0.1, 0.15) is 71.4 Å². The molecule has 1 N–H and O–H groups in total. The molecular formula is C19H30O3. The Morgan fingerprint density at radius 2 is 1.32 bits per heavy atom. The molecule has 124 valence electrons. The van der Waals surface area contributed by atoms with Gasteiger partial charge in [0.15, 0.2) is 6.29 Å². The molecule has 0 aliphatic carbocycles. The Morgan fingerprint density at radius 3 is 1.68 bits per heavy atom. The molecule has 1 fully saturated rings. The molecule has 3 heteroatoms. The third-order valence-corrected chi connectivity index (χ3v) is 4.08. The van der Waals surface area contributed by atoms with Crippen molar-refractivity contribution in [2.45, 2.75) is 65.6 Å². The zero-order valence-corrected chi connectivity index (χ0v) is 15.0. The van der Waals surface area contributed by atoms with Gasteiger partial charge in [-0.1, -0.05) is 48.5 Å². The summed E-state index contributed by atoms with van der Waals surface area (Å²) >= 11 is 0. The number of hydrogen-bond acceptors (Lipinski definition) is 3. The molecule has 2 rings (SSSR count). The summed E-state index contributed by atoms with van der Waals surface area (Å²) in [6.45, 7) is 16.2. The van der Waals surface area contributed by atoms with Crippen LogP contribution in [-0.4, -0.2) is 18.3 Å². The van der Waals surface area contributed by atoms with Crippen molar-refractivity contribution in [1.29, 1.82) is 0 Å². The molecule has 1 saturated heterocycles. The van der Waals surface area contributed by atoms with E-state index in [4.69, 9.17) is 9.47 Å². The lowest BCUT2D eigenvalue weighted by molar-refractivity contribution is -0.202. The van der Waals surface area contributed by atoms with Gasteiger partial charge in [-0.15, -0.1) is 0 Å². The van der Waals surface area contributed by atoms with Crippen molar-refractivity contribution in [2.75, 3.05) is 13.2 Å². The lowest BCUT2D eigenvalue weighted by Crippen LogP contribution is -2.26. The van der Waals surface area contributed by atoms with Gasteiger partial charge in [-0.25, -0.2) is 0 Å². The molecule has 0 amide bonds. The van der Waals surface area contributed by atoms with Crippen molar-refractivity contribution >= 4 is 0 Å².